The predicted molar refractivity (Wildman–Crippen MR) is 41.6 cm³/mol. The second-order valence-electron chi connectivity index (χ2n) is 4.22. The fraction of sp³-hybridized carbons (Fsp3) is 0.800. The molecule has 2 bridgehead atoms. The number of rotatable bonds is 0. The van der Waals surface area contributed by atoms with Crippen LogP contribution in [0.2, 0.25) is 0 Å². The normalized spacial score (nSPS) is 49.6. The molecule has 0 heterocycles. The van der Waals surface area contributed by atoms with Gasteiger partial charge in [0.15, 0.2) is 0 Å². The average molecular weight is 134 g/mol. The number of fused-ring (bicyclic) bond motifs is 4. The van der Waals surface area contributed by atoms with Gasteiger partial charge < -0.3 is 0 Å². The van der Waals surface area contributed by atoms with Gasteiger partial charge in [0.25, 0.3) is 0 Å². The van der Waals surface area contributed by atoms with Crippen molar-refractivity contribution in [3.63, 3.8) is 0 Å². The van der Waals surface area contributed by atoms with Gasteiger partial charge >= 0.3 is 0 Å². The lowest BCUT2D eigenvalue weighted by atomic mass is 9.67. The van der Waals surface area contributed by atoms with Crippen molar-refractivity contribution in [3.8, 4) is 0 Å². The second kappa shape index (κ2) is 1.66. The Balaban J connectivity index is 1.99. The van der Waals surface area contributed by atoms with E-state index in [0.717, 1.165) is 17.8 Å². The molecule has 0 aliphatic heterocycles. The number of allylic oxidation sites excluding steroid dienone is 2. The van der Waals surface area contributed by atoms with Gasteiger partial charge in [-0.05, 0) is 49.9 Å². The average Bonchev–Trinajstić information content (AvgIpc) is 2.25. The van der Waals surface area contributed by atoms with Gasteiger partial charge in [0.1, 0.15) is 0 Å². The van der Waals surface area contributed by atoms with Gasteiger partial charge in [0.2, 0.25) is 0 Å². The first kappa shape index (κ1) is 5.40. The summed E-state index contributed by atoms with van der Waals surface area (Å²) in [5.41, 5.74) is 1.83. The summed E-state index contributed by atoms with van der Waals surface area (Å²) in [5.74, 6) is 3.20. The van der Waals surface area contributed by atoms with Gasteiger partial charge in [-0.1, -0.05) is 11.6 Å². The Labute approximate surface area is 62.3 Å². The second-order valence-corrected chi connectivity index (χ2v) is 4.22. The van der Waals surface area contributed by atoms with Crippen molar-refractivity contribution in [2.24, 2.45) is 17.8 Å². The molecule has 0 heteroatoms. The van der Waals surface area contributed by atoms with E-state index in [1.165, 1.54) is 32.1 Å². The summed E-state index contributed by atoms with van der Waals surface area (Å²) in [6.45, 7) is 0. The third kappa shape index (κ3) is 0.531. The summed E-state index contributed by atoms with van der Waals surface area (Å²) < 4.78 is 0. The third-order valence-electron chi connectivity index (χ3n) is 3.75. The molecule has 3 unspecified atom stereocenters. The standard InChI is InChI=1S/C10H14/c1-2-8-5-7(1)6-9-3-4-10(8)9/h6-8,10H,1-5H2. The Morgan fingerprint density at radius 2 is 2.20 bits per heavy atom. The van der Waals surface area contributed by atoms with Crippen LogP contribution in [0.1, 0.15) is 32.1 Å². The van der Waals surface area contributed by atoms with Gasteiger partial charge in [0, 0.05) is 0 Å². The summed E-state index contributed by atoms with van der Waals surface area (Å²) in [6, 6.07) is 0. The topological polar surface area (TPSA) is 0 Å². The Kier molecular flexibility index (Phi) is 0.898. The molecular formula is C10H14. The maximum atomic E-state index is 2.59. The molecule has 0 aromatic heterocycles. The van der Waals surface area contributed by atoms with Crippen molar-refractivity contribution < 1.29 is 0 Å². The van der Waals surface area contributed by atoms with Gasteiger partial charge in [-0.2, -0.15) is 0 Å². The van der Waals surface area contributed by atoms with Crippen LogP contribution in [0.15, 0.2) is 11.6 Å². The molecule has 54 valence electrons. The summed E-state index contributed by atoms with van der Waals surface area (Å²) in [4.78, 5) is 0. The minimum absolute atomic E-state index is 1.01. The monoisotopic (exact) mass is 134 g/mol. The van der Waals surface area contributed by atoms with Gasteiger partial charge in [0.05, 0.1) is 0 Å². The van der Waals surface area contributed by atoms with Crippen molar-refractivity contribution >= 4 is 0 Å². The van der Waals surface area contributed by atoms with Crippen LogP contribution in [0.4, 0.5) is 0 Å². The number of hydrogen-bond acceptors (Lipinski definition) is 0. The molecule has 2 fully saturated rings. The van der Waals surface area contributed by atoms with Crippen LogP contribution in [0.5, 0.6) is 0 Å². The molecule has 2 saturated carbocycles. The third-order valence-corrected chi connectivity index (χ3v) is 3.75. The Hall–Kier alpha value is -0.260. The first-order chi connectivity index (χ1) is 4.93. The van der Waals surface area contributed by atoms with E-state index in [1.807, 2.05) is 5.57 Å². The van der Waals surface area contributed by atoms with E-state index in [1.54, 1.807) is 0 Å². The predicted octanol–water partition coefficient (Wildman–Crippen LogP) is 2.75. The molecule has 0 N–H and O–H groups in total. The van der Waals surface area contributed by atoms with Crippen molar-refractivity contribution in [1.29, 1.82) is 0 Å². The van der Waals surface area contributed by atoms with Crippen molar-refractivity contribution in [2.75, 3.05) is 0 Å². The van der Waals surface area contributed by atoms with Crippen LogP contribution in [-0.2, 0) is 0 Å². The van der Waals surface area contributed by atoms with Gasteiger partial charge in [-0.3, -0.25) is 0 Å². The zero-order valence-electron chi connectivity index (χ0n) is 6.34. The zero-order chi connectivity index (χ0) is 6.55. The highest BCUT2D eigenvalue weighted by atomic mass is 14.4. The van der Waals surface area contributed by atoms with Crippen LogP contribution in [0.3, 0.4) is 0 Å². The largest absolute Gasteiger partial charge is 0.0819 e. The van der Waals surface area contributed by atoms with Crippen LogP contribution in [-0.4, -0.2) is 0 Å². The van der Waals surface area contributed by atoms with Crippen molar-refractivity contribution in [1.82, 2.24) is 0 Å². The summed E-state index contributed by atoms with van der Waals surface area (Å²) in [6.07, 6.45) is 10.1. The Morgan fingerprint density at radius 3 is 3.00 bits per heavy atom. The molecule has 0 saturated heterocycles. The first-order valence-electron chi connectivity index (χ1n) is 4.64. The van der Waals surface area contributed by atoms with Crippen LogP contribution >= 0.6 is 0 Å². The molecule has 0 nitrogen and oxygen atoms in total. The number of hydrogen-bond donors (Lipinski definition) is 0. The summed E-state index contributed by atoms with van der Waals surface area (Å²) in [7, 11) is 0. The van der Waals surface area contributed by atoms with E-state index in [-0.39, 0.29) is 0 Å². The smallest absolute Gasteiger partial charge is 0.0172 e. The highest BCUT2D eigenvalue weighted by Crippen LogP contribution is 2.52. The lowest BCUT2D eigenvalue weighted by Crippen LogP contribution is -2.26. The zero-order valence-corrected chi connectivity index (χ0v) is 6.34. The van der Waals surface area contributed by atoms with E-state index in [4.69, 9.17) is 0 Å². The Bertz CT molecular complexity index is 190. The lowest BCUT2D eigenvalue weighted by Gasteiger charge is -2.38. The van der Waals surface area contributed by atoms with E-state index in [9.17, 15) is 0 Å². The Morgan fingerprint density at radius 1 is 1.20 bits per heavy atom. The van der Waals surface area contributed by atoms with Crippen LogP contribution in [0, 0.1) is 17.8 Å². The van der Waals surface area contributed by atoms with E-state index < -0.39 is 0 Å². The fourth-order valence-electron chi connectivity index (χ4n) is 3.10. The molecule has 10 heavy (non-hydrogen) atoms. The molecule has 0 aromatic rings. The molecule has 3 rings (SSSR count). The summed E-state index contributed by atoms with van der Waals surface area (Å²) in [5, 5.41) is 0. The molecule has 0 radical (unpaired) electrons. The minimum atomic E-state index is 1.01. The highest BCUT2D eigenvalue weighted by Gasteiger charge is 2.40. The first-order valence-corrected chi connectivity index (χ1v) is 4.64. The maximum Gasteiger partial charge on any atom is -0.0172 e. The fourth-order valence-corrected chi connectivity index (χ4v) is 3.10. The molecule has 0 aromatic carbocycles. The molecule has 3 aliphatic rings. The molecular weight excluding hydrogens is 120 g/mol. The lowest BCUT2D eigenvalue weighted by molar-refractivity contribution is 0.277. The molecule has 3 atom stereocenters. The molecule has 0 amide bonds. The minimum Gasteiger partial charge on any atom is -0.0819 e. The van der Waals surface area contributed by atoms with Crippen molar-refractivity contribution in [2.45, 2.75) is 32.1 Å². The van der Waals surface area contributed by atoms with Gasteiger partial charge in [-0.15, -0.1) is 0 Å². The maximum absolute atomic E-state index is 2.59. The summed E-state index contributed by atoms with van der Waals surface area (Å²) >= 11 is 0. The van der Waals surface area contributed by atoms with Crippen LogP contribution in [0.25, 0.3) is 0 Å². The molecule has 0 spiro atoms. The van der Waals surface area contributed by atoms with Crippen LogP contribution < -0.4 is 0 Å². The quantitative estimate of drug-likeness (QED) is 0.447. The van der Waals surface area contributed by atoms with Gasteiger partial charge in [-0.25, -0.2) is 0 Å². The SMILES string of the molecule is C1=C2CCC2C2CCC1C2. The van der Waals surface area contributed by atoms with Crippen molar-refractivity contribution in [3.05, 3.63) is 11.6 Å². The highest BCUT2D eigenvalue weighted by molar-refractivity contribution is 5.23. The van der Waals surface area contributed by atoms with E-state index in [2.05, 4.69) is 6.08 Å². The molecule has 3 aliphatic carbocycles. The van der Waals surface area contributed by atoms with E-state index >= 15 is 0 Å². The van der Waals surface area contributed by atoms with E-state index in [0.29, 0.717) is 0 Å².